The maximum atomic E-state index is 11.9. The fourth-order valence-electron chi connectivity index (χ4n) is 2.80. The Morgan fingerprint density at radius 2 is 1.50 bits per heavy atom. The van der Waals surface area contributed by atoms with Gasteiger partial charge in [-0.15, -0.1) is 0 Å². The molecule has 2 aromatic carbocycles. The lowest BCUT2D eigenvalue weighted by atomic mass is 10.1. The first-order valence-corrected chi connectivity index (χ1v) is 9.14. The lowest BCUT2D eigenvalue weighted by molar-refractivity contribution is -0.123. The van der Waals surface area contributed by atoms with Gasteiger partial charge in [0, 0.05) is 0 Å². The van der Waals surface area contributed by atoms with Crippen molar-refractivity contribution in [1.29, 1.82) is 0 Å². The molecule has 7 heteroatoms. The van der Waals surface area contributed by atoms with Crippen LogP contribution in [0.3, 0.4) is 0 Å². The van der Waals surface area contributed by atoms with Crippen molar-refractivity contribution < 1.29 is 19.1 Å². The minimum absolute atomic E-state index is 0.00744. The van der Waals surface area contributed by atoms with Crippen molar-refractivity contribution in [2.45, 2.75) is 13.8 Å². The van der Waals surface area contributed by atoms with Crippen molar-refractivity contribution in [3.05, 3.63) is 64.7 Å². The predicted molar refractivity (Wildman–Crippen MR) is 110 cm³/mol. The van der Waals surface area contributed by atoms with Gasteiger partial charge < -0.3 is 9.47 Å². The van der Waals surface area contributed by atoms with Crippen molar-refractivity contribution in [2.24, 2.45) is 0 Å². The molecule has 0 radical (unpaired) electrons. The number of aryl methyl sites for hydroxylation is 2. The van der Waals surface area contributed by atoms with Gasteiger partial charge in [-0.25, -0.2) is 0 Å². The summed E-state index contributed by atoms with van der Waals surface area (Å²) in [5.41, 5.74) is 2.95. The highest BCUT2D eigenvalue weighted by atomic mass is 32.1. The van der Waals surface area contributed by atoms with E-state index in [2.05, 4.69) is 16.7 Å². The summed E-state index contributed by atoms with van der Waals surface area (Å²) < 4.78 is 11.4. The molecule has 1 heterocycles. The number of nitrogens with one attached hydrogen (secondary N) is 2. The second kappa shape index (κ2) is 8.67. The minimum Gasteiger partial charge on any atom is -0.490 e. The Morgan fingerprint density at radius 1 is 0.893 bits per heavy atom. The van der Waals surface area contributed by atoms with Crippen LogP contribution in [0.1, 0.15) is 16.7 Å². The zero-order valence-corrected chi connectivity index (χ0v) is 16.4. The molecule has 0 bridgehead atoms. The number of amides is 2. The van der Waals surface area contributed by atoms with Crippen LogP contribution in [-0.2, 0) is 9.59 Å². The van der Waals surface area contributed by atoms with Gasteiger partial charge >= 0.3 is 0 Å². The van der Waals surface area contributed by atoms with Gasteiger partial charge in [0.1, 0.15) is 30.3 Å². The highest BCUT2D eigenvalue weighted by molar-refractivity contribution is 7.80. The molecule has 0 spiro atoms. The molecule has 0 unspecified atom stereocenters. The zero-order valence-electron chi connectivity index (χ0n) is 15.6. The molecule has 0 aliphatic carbocycles. The Labute approximate surface area is 168 Å². The quantitative estimate of drug-likeness (QED) is 0.340. The molecule has 3 rings (SSSR count). The van der Waals surface area contributed by atoms with Crippen molar-refractivity contribution in [3.63, 3.8) is 0 Å². The van der Waals surface area contributed by atoms with E-state index >= 15 is 0 Å². The van der Waals surface area contributed by atoms with Crippen LogP contribution in [-0.4, -0.2) is 30.1 Å². The summed E-state index contributed by atoms with van der Waals surface area (Å²) in [6, 6.07) is 13.2. The third-order valence-electron chi connectivity index (χ3n) is 3.93. The number of thiocarbonyl (C=S) groups is 1. The predicted octanol–water partition coefficient (Wildman–Crippen LogP) is 2.68. The summed E-state index contributed by atoms with van der Waals surface area (Å²) in [6.07, 6.45) is 1.49. The van der Waals surface area contributed by atoms with Crippen molar-refractivity contribution >= 4 is 35.2 Å². The van der Waals surface area contributed by atoms with Gasteiger partial charge in [-0.3, -0.25) is 20.2 Å². The molecule has 1 aliphatic heterocycles. The molecule has 144 valence electrons. The highest BCUT2D eigenvalue weighted by Crippen LogP contribution is 2.18. The van der Waals surface area contributed by atoms with E-state index in [0.29, 0.717) is 24.5 Å². The van der Waals surface area contributed by atoms with Crippen molar-refractivity contribution in [2.75, 3.05) is 13.2 Å². The van der Waals surface area contributed by atoms with E-state index in [9.17, 15) is 9.59 Å². The number of rotatable bonds is 6. The number of hydrogen-bond acceptors (Lipinski definition) is 5. The largest absolute Gasteiger partial charge is 0.490 e. The van der Waals surface area contributed by atoms with Crippen LogP contribution >= 0.6 is 12.2 Å². The van der Waals surface area contributed by atoms with Crippen molar-refractivity contribution in [3.8, 4) is 11.5 Å². The van der Waals surface area contributed by atoms with Crippen LogP contribution in [0, 0.1) is 13.8 Å². The molecule has 0 atom stereocenters. The molecule has 1 saturated heterocycles. The monoisotopic (exact) mass is 396 g/mol. The topological polar surface area (TPSA) is 76.7 Å². The minimum atomic E-state index is -0.526. The normalized spacial score (nSPS) is 13.6. The van der Waals surface area contributed by atoms with Gasteiger partial charge in [0.2, 0.25) is 0 Å². The molecule has 1 fully saturated rings. The first kappa shape index (κ1) is 19.6. The van der Waals surface area contributed by atoms with E-state index in [-0.39, 0.29) is 10.7 Å². The first-order chi connectivity index (χ1) is 13.4. The Balaban J connectivity index is 1.59. The molecule has 0 saturated carbocycles. The van der Waals surface area contributed by atoms with Gasteiger partial charge in [-0.2, -0.15) is 0 Å². The lowest BCUT2D eigenvalue weighted by Crippen LogP contribution is -2.51. The summed E-state index contributed by atoms with van der Waals surface area (Å²) in [7, 11) is 0. The SMILES string of the molecule is Cc1cc(C)cc(OCCOc2cccc(C=C3C(=O)NC(=S)NC3=O)c2)c1. The van der Waals surface area contributed by atoms with E-state index in [0.717, 1.165) is 16.9 Å². The van der Waals surface area contributed by atoms with E-state index in [1.54, 1.807) is 24.3 Å². The van der Waals surface area contributed by atoms with Crippen LogP contribution in [0.25, 0.3) is 6.08 Å². The van der Waals surface area contributed by atoms with Crippen LogP contribution in [0.2, 0.25) is 0 Å². The van der Waals surface area contributed by atoms with Gasteiger partial charge in [0.25, 0.3) is 11.8 Å². The molecule has 2 aromatic rings. The summed E-state index contributed by atoms with van der Waals surface area (Å²) in [5, 5.41) is 4.82. The van der Waals surface area contributed by atoms with Gasteiger partial charge in [-0.1, -0.05) is 18.2 Å². The molecule has 1 aliphatic rings. The van der Waals surface area contributed by atoms with E-state index in [1.807, 2.05) is 26.0 Å². The van der Waals surface area contributed by atoms with Crippen molar-refractivity contribution in [1.82, 2.24) is 10.6 Å². The summed E-state index contributed by atoms with van der Waals surface area (Å²) in [5.74, 6) is 0.376. The maximum Gasteiger partial charge on any atom is 0.263 e. The van der Waals surface area contributed by atoms with Crippen LogP contribution in [0.4, 0.5) is 0 Å². The van der Waals surface area contributed by atoms with Gasteiger partial charge in [0.05, 0.1) is 0 Å². The number of carbonyl (C=O) groups is 2. The Morgan fingerprint density at radius 3 is 2.14 bits per heavy atom. The molecule has 2 N–H and O–H groups in total. The first-order valence-electron chi connectivity index (χ1n) is 8.73. The maximum absolute atomic E-state index is 11.9. The fourth-order valence-corrected chi connectivity index (χ4v) is 2.99. The highest BCUT2D eigenvalue weighted by Gasteiger charge is 2.25. The summed E-state index contributed by atoms with van der Waals surface area (Å²) in [4.78, 5) is 23.8. The molecule has 0 aromatic heterocycles. The lowest BCUT2D eigenvalue weighted by Gasteiger charge is -2.16. The van der Waals surface area contributed by atoms with Gasteiger partial charge in [0.15, 0.2) is 5.11 Å². The second-order valence-electron chi connectivity index (χ2n) is 6.39. The average Bonchev–Trinajstić information content (AvgIpc) is 2.61. The zero-order chi connectivity index (χ0) is 20.1. The van der Waals surface area contributed by atoms with Crippen LogP contribution < -0.4 is 20.1 Å². The summed E-state index contributed by atoms with van der Waals surface area (Å²) >= 11 is 4.78. The Kier molecular flexibility index (Phi) is 6.06. The third-order valence-corrected chi connectivity index (χ3v) is 4.13. The number of ether oxygens (including phenoxy) is 2. The molecule has 6 nitrogen and oxygen atoms in total. The fraction of sp³-hybridized carbons (Fsp3) is 0.190. The van der Waals surface area contributed by atoms with E-state index in [4.69, 9.17) is 21.7 Å². The average molecular weight is 396 g/mol. The Hall–Kier alpha value is -3.19. The molecule has 2 amide bonds. The van der Waals surface area contributed by atoms with Gasteiger partial charge in [-0.05, 0) is 73.1 Å². The smallest absolute Gasteiger partial charge is 0.263 e. The van der Waals surface area contributed by atoms with E-state index < -0.39 is 11.8 Å². The molecular formula is C21H20N2O4S. The number of benzene rings is 2. The summed E-state index contributed by atoms with van der Waals surface area (Å²) in [6.45, 7) is 4.81. The molecular weight excluding hydrogens is 376 g/mol. The number of carbonyl (C=O) groups excluding carboxylic acids is 2. The molecule has 28 heavy (non-hydrogen) atoms. The second-order valence-corrected chi connectivity index (χ2v) is 6.80. The van der Waals surface area contributed by atoms with Crippen LogP contribution in [0.15, 0.2) is 48.0 Å². The number of hydrogen-bond donors (Lipinski definition) is 2. The standard InChI is InChI=1S/C21H20N2O4S/c1-13-8-14(2)10-17(9-13)27-7-6-26-16-5-3-4-15(11-16)12-18-19(24)22-21(28)23-20(18)25/h3-5,8-12H,6-7H2,1-2H3,(H2,22,23,24,25,28). The van der Waals surface area contributed by atoms with E-state index in [1.165, 1.54) is 6.08 Å². The third kappa shape index (κ3) is 5.17. The van der Waals surface area contributed by atoms with Crippen LogP contribution in [0.5, 0.6) is 11.5 Å². The Bertz CT molecular complexity index is 926.